The summed E-state index contributed by atoms with van der Waals surface area (Å²) < 4.78 is 6.24. The van der Waals surface area contributed by atoms with Gasteiger partial charge in [0.1, 0.15) is 17.2 Å². The summed E-state index contributed by atoms with van der Waals surface area (Å²) in [4.78, 5) is 19.4. The lowest BCUT2D eigenvalue weighted by molar-refractivity contribution is 0.266. The van der Waals surface area contributed by atoms with Crippen LogP contribution < -0.4 is 10.5 Å². The Morgan fingerprint density at radius 2 is 1.97 bits per heavy atom. The molecule has 30 heavy (non-hydrogen) atoms. The third-order valence-electron chi connectivity index (χ3n) is 6.23. The first-order chi connectivity index (χ1) is 14.5. The van der Waals surface area contributed by atoms with Crippen LogP contribution in [-0.4, -0.2) is 20.6 Å². The van der Waals surface area contributed by atoms with E-state index in [-0.39, 0.29) is 11.0 Å². The Morgan fingerprint density at radius 1 is 1.17 bits per heavy atom. The molecule has 2 aliphatic rings. The van der Waals surface area contributed by atoms with Gasteiger partial charge in [0.15, 0.2) is 0 Å². The van der Waals surface area contributed by atoms with Crippen LogP contribution in [0.25, 0.3) is 17.0 Å². The topological polar surface area (TPSA) is 85.4 Å². The molecule has 3 aromatic rings. The highest BCUT2D eigenvalue weighted by atomic mass is 32.3. The lowest BCUT2D eigenvalue weighted by Crippen LogP contribution is -2.27. The van der Waals surface area contributed by atoms with Gasteiger partial charge in [0.05, 0.1) is 5.52 Å². The predicted octanol–water partition coefficient (Wildman–Crippen LogP) is 6.29. The molecule has 1 unspecified atom stereocenters. The molecule has 1 saturated carbocycles. The van der Waals surface area contributed by atoms with E-state index in [9.17, 15) is 9.90 Å². The van der Waals surface area contributed by atoms with Crippen LogP contribution in [0, 0.1) is 0 Å². The number of pyridine rings is 1. The minimum atomic E-state index is -1.88. The van der Waals surface area contributed by atoms with E-state index in [0.717, 1.165) is 46.4 Å². The number of aromatic nitrogens is 1. The number of hydrogen-bond donors (Lipinski definition) is 2. The van der Waals surface area contributed by atoms with Gasteiger partial charge < -0.3 is 15.6 Å². The first-order valence-corrected chi connectivity index (χ1v) is 11.9. The largest absolute Gasteiger partial charge is 0.508 e. The fourth-order valence-corrected chi connectivity index (χ4v) is 9.15. The third kappa shape index (κ3) is 2.78. The van der Waals surface area contributed by atoms with Gasteiger partial charge in [-0.05, 0) is 66.6 Å². The first kappa shape index (κ1) is 19.0. The molecule has 1 atom stereocenters. The number of rotatable bonds is 3. The number of nitrogens with zero attached hydrogens (tertiary/aromatic N) is 1. The number of aromatic hydroxyl groups is 1. The smallest absolute Gasteiger partial charge is 0.267 e. The molecule has 1 amide bonds. The van der Waals surface area contributed by atoms with Crippen molar-refractivity contribution in [3.63, 3.8) is 0 Å². The van der Waals surface area contributed by atoms with Crippen molar-refractivity contribution >= 4 is 32.2 Å². The number of phenols is 1. The lowest BCUT2D eigenvalue weighted by atomic mass is 10.2. The molecule has 6 heteroatoms. The quantitative estimate of drug-likeness (QED) is 0.521. The summed E-state index contributed by atoms with van der Waals surface area (Å²) in [5.74, 6) is 1.49. The molecule has 2 heterocycles. The SMILES string of the molecule is CC1=Cc2ccc(Oc3ccnc4cc(O)ccc34)cc2S1(C(N)=O)C1CCCC1. The van der Waals surface area contributed by atoms with Crippen molar-refractivity contribution in [2.45, 2.75) is 42.8 Å². The van der Waals surface area contributed by atoms with E-state index < -0.39 is 10.0 Å². The Morgan fingerprint density at radius 3 is 2.73 bits per heavy atom. The Bertz CT molecular complexity index is 1200. The molecule has 1 aliphatic heterocycles. The van der Waals surface area contributed by atoms with Crippen molar-refractivity contribution in [3.05, 3.63) is 59.1 Å². The van der Waals surface area contributed by atoms with Crippen LogP contribution in [0.4, 0.5) is 4.79 Å². The Balaban J connectivity index is 1.59. The van der Waals surface area contributed by atoms with Crippen LogP contribution >= 0.6 is 10.0 Å². The maximum Gasteiger partial charge on any atom is 0.267 e. The van der Waals surface area contributed by atoms with Crippen molar-refractivity contribution < 1.29 is 14.6 Å². The van der Waals surface area contributed by atoms with Crippen LogP contribution in [0.15, 0.2) is 58.5 Å². The molecule has 1 aromatic heterocycles. The standard InChI is InChI=1S/C24H24N2O3S/c1-15-12-16-6-8-18(14-23(16)30(15,24(25)28)19-4-2-3-5-19)29-22-10-11-26-21-13-17(27)7-9-20(21)22/h6-14,19,27H,2-5H2,1H3,(H2,25,28). The van der Waals surface area contributed by atoms with Crippen LogP contribution in [0.5, 0.6) is 17.2 Å². The number of benzene rings is 2. The normalized spacial score (nSPS) is 23.0. The van der Waals surface area contributed by atoms with Gasteiger partial charge >= 0.3 is 0 Å². The van der Waals surface area contributed by atoms with Gasteiger partial charge in [0, 0.05) is 27.8 Å². The second kappa shape index (κ2) is 7.06. The number of fused-ring (bicyclic) bond motifs is 2. The summed E-state index contributed by atoms with van der Waals surface area (Å²) in [6.45, 7) is 2.06. The maximum atomic E-state index is 12.9. The van der Waals surface area contributed by atoms with Gasteiger partial charge in [-0.1, -0.05) is 18.9 Å². The van der Waals surface area contributed by atoms with Crippen molar-refractivity contribution in [3.8, 4) is 17.2 Å². The van der Waals surface area contributed by atoms with E-state index in [1.165, 1.54) is 0 Å². The molecule has 0 spiro atoms. The summed E-state index contributed by atoms with van der Waals surface area (Å²) in [6, 6.07) is 12.8. The summed E-state index contributed by atoms with van der Waals surface area (Å²) in [7, 11) is -1.88. The Kier molecular flexibility index (Phi) is 4.47. The Labute approximate surface area is 176 Å². The predicted molar refractivity (Wildman–Crippen MR) is 121 cm³/mol. The minimum absolute atomic E-state index is 0.164. The monoisotopic (exact) mass is 420 g/mol. The fourth-order valence-electron chi connectivity index (χ4n) is 4.90. The number of ether oxygens (including phenoxy) is 1. The molecular formula is C24H24N2O3S. The summed E-state index contributed by atoms with van der Waals surface area (Å²) >= 11 is 0. The molecule has 0 radical (unpaired) electrons. The highest BCUT2D eigenvalue weighted by molar-refractivity contribution is 8.48. The lowest BCUT2D eigenvalue weighted by Gasteiger charge is -2.41. The van der Waals surface area contributed by atoms with Crippen molar-refractivity contribution in [1.82, 2.24) is 4.98 Å². The number of allylic oxidation sites excluding steroid dienone is 1. The highest BCUT2D eigenvalue weighted by Crippen LogP contribution is 2.73. The first-order valence-electron chi connectivity index (χ1n) is 10.2. The van der Waals surface area contributed by atoms with Crippen molar-refractivity contribution in [2.75, 3.05) is 0 Å². The summed E-state index contributed by atoms with van der Waals surface area (Å²) in [6.07, 6.45) is 8.19. The van der Waals surface area contributed by atoms with Gasteiger partial charge in [-0.3, -0.25) is 9.78 Å². The molecule has 5 rings (SSSR count). The van der Waals surface area contributed by atoms with E-state index in [1.807, 2.05) is 18.2 Å². The van der Waals surface area contributed by atoms with Crippen LogP contribution in [0.2, 0.25) is 0 Å². The van der Waals surface area contributed by atoms with E-state index >= 15 is 0 Å². The molecule has 154 valence electrons. The zero-order valence-electron chi connectivity index (χ0n) is 16.8. The van der Waals surface area contributed by atoms with Gasteiger partial charge in [-0.25, -0.2) is 0 Å². The van der Waals surface area contributed by atoms with Crippen molar-refractivity contribution in [2.24, 2.45) is 5.73 Å². The summed E-state index contributed by atoms with van der Waals surface area (Å²) in [5, 5.41) is 10.7. The minimum Gasteiger partial charge on any atom is -0.508 e. The molecule has 0 bridgehead atoms. The van der Waals surface area contributed by atoms with Gasteiger partial charge in [0.2, 0.25) is 0 Å². The molecule has 0 saturated heterocycles. The Hall–Kier alpha value is -2.99. The average molecular weight is 421 g/mol. The molecular weight excluding hydrogens is 396 g/mol. The zero-order valence-corrected chi connectivity index (χ0v) is 17.6. The second-order valence-corrected chi connectivity index (χ2v) is 11.4. The van der Waals surface area contributed by atoms with Crippen LogP contribution in [0.1, 0.15) is 38.2 Å². The number of carbonyl (C=O) groups excluding carboxylic acids is 1. The van der Waals surface area contributed by atoms with Crippen LogP contribution in [-0.2, 0) is 0 Å². The number of amides is 1. The van der Waals surface area contributed by atoms with E-state index in [1.54, 1.807) is 30.5 Å². The number of hydrogen-bond acceptors (Lipinski definition) is 4. The molecule has 5 nitrogen and oxygen atoms in total. The molecule has 3 N–H and O–H groups in total. The van der Waals surface area contributed by atoms with E-state index in [0.29, 0.717) is 22.3 Å². The highest BCUT2D eigenvalue weighted by Gasteiger charge is 2.47. The fraction of sp³-hybridized carbons (Fsp3) is 0.250. The maximum absolute atomic E-state index is 12.9. The zero-order chi connectivity index (χ0) is 20.9. The van der Waals surface area contributed by atoms with E-state index in [4.69, 9.17) is 10.5 Å². The van der Waals surface area contributed by atoms with Crippen LogP contribution in [0.3, 0.4) is 0 Å². The number of nitrogens with two attached hydrogens (primary N) is 1. The second-order valence-electron chi connectivity index (χ2n) is 7.95. The molecule has 1 fully saturated rings. The number of primary amides is 1. The number of carbonyl (C=O) groups is 1. The average Bonchev–Trinajstić information content (AvgIpc) is 3.34. The summed E-state index contributed by atoms with van der Waals surface area (Å²) in [5.41, 5.74) is 7.83. The van der Waals surface area contributed by atoms with Gasteiger partial charge in [0.25, 0.3) is 5.24 Å². The van der Waals surface area contributed by atoms with Crippen molar-refractivity contribution in [1.29, 1.82) is 0 Å². The van der Waals surface area contributed by atoms with Gasteiger partial charge in [-0.2, -0.15) is 0 Å². The molecule has 1 aliphatic carbocycles. The molecule has 2 aromatic carbocycles. The van der Waals surface area contributed by atoms with E-state index in [2.05, 4.69) is 18.0 Å². The number of phenolic OH excluding ortho intramolecular Hbond substituents is 1. The van der Waals surface area contributed by atoms with Gasteiger partial charge in [-0.15, -0.1) is 10.0 Å². The third-order valence-corrected chi connectivity index (χ3v) is 10.5.